The number of nitrogens with one attached hydrogen (secondary N) is 2. The van der Waals surface area contributed by atoms with Gasteiger partial charge in [0, 0.05) is 32.5 Å². The molecule has 3 N–H and O–H groups in total. The lowest BCUT2D eigenvalue weighted by Gasteiger charge is -2.72. The molecule has 4 fully saturated rings. The molecule has 1 aromatic rings. The van der Waals surface area contributed by atoms with E-state index in [1.165, 1.54) is 62.5 Å². The van der Waals surface area contributed by atoms with Crippen LogP contribution in [0, 0.1) is 56.7 Å². The average molecular weight is 671 g/mol. The zero-order valence-corrected chi connectivity index (χ0v) is 31.1. The molecule has 0 aromatic heterocycles. The van der Waals surface area contributed by atoms with E-state index in [1.54, 1.807) is 19.1 Å². The molecule has 9 unspecified atom stereocenters. The van der Waals surface area contributed by atoms with Crippen LogP contribution in [0.2, 0.25) is 0 Å². The zero-order valence-electron chi connectivity index (χ0n) is 31.1. The SMILES string of the molecule is C=CC1CCC2(CNCCC(=O)NCCC(C)=O)CCC3(C)C(CCC4C5(C)CC=C(c6ccc(C(=O)O)cc6)C(C)(C)C5CCC43C)C12. The smallest absolute Gasteiger partial charge is 0.335 e. The number of carbonyl (C=O) groups excluding carboxylic acids is 2. The van der Waals surface area contributed by atoms with Gasteiger partial charge in [-0.1, -0.05) is 58.9 Å². The maximum absolute atomic E-state index is 12.4. The van der Waals surface area contributed by atoms with Gasteiger partial charge in [0.25, 0.3) is 0 Å². The lowest BCUT2D eigenvalue weighted by molar-refractivity contribution is -0.224. The van der Waals surface area contributed by atoms with E-state index in [0.29, 0.717) is 61.1 Å². The minimum Gasteiger partial charge on any atom is -0.478 e. The first kappa shape index (κ1) is 36.1. The second-order valence-electron chi connectivity index (χ2n) is 18.1. The Labute approximate surface area is 295 Å². The number of hydrogen-bond acceptors (Lipinski definition) is 4. The predicted octanol–water partition coefficient (Wildman–Crippen LogP) is 8.72. The van der Waals surface area contributed by atoms with Gasteiger partial charge in [0.05, 0.1) is 5.56 Å². The number of allylic oxidation sites excluding steroid dienone is 3. The third kappa shape index (κ3) is 5.86. The number of benzene rings is 1. The van der Waals surface area contributed by atoms with Crippen molar-refractivity contribution in [1.82, 2.24) is 10.6 Å². The van der Waals surface area contributed by atoms with Crippen molar-refractivity contribution in [3.63, 3.8) is 0 Å². The van der Waals surface area contributed by atoms with Crippen LogP contribution in [0.25, 0.3) is 5.57 Å². The minimum absolute atomic E-state index is 0.00787. The summed E-state index contributed by atoms with van der Waals surface area (Å²) in [7, 11) is 0. The molecule has 4 saturated carbocycles. The van der Waals surface area contributed by atoms with E-state index in [0.717, 1.165) is 13.0 Å². The van der Waals surface area contributed by atoms with Crippen LogP contribution in [0.5, 0.6) is 0 Å². The molecule has 0 bridgehead atoms. The van der Waals surface area contributed by atoms with Crippen LogP contribution < -0.4 is 10.6 Å². The first-order valence-electron chi connectivity index (χ1n) is 19.3. The number of carbonyl (C=O) groups is 3. The fraction of sp³-hybridized carbons (Fsp3) is 0.698. The van der Waals surface area contributed by atoms with Crippen LogP contribution in [0.4, 0.5) is 0 Å². The lowest BCUT2D eigenvalue weighted by Crippen LogP contribution is -2.65. The summed E-state index contributed by atoms with van der Waals surface area (Å²) in [5.74, 6) is 2.37. The average Bonchev–Trinajstić information content (AvgIpc) is 3.42. The molecule has 1 amide bonds. The van der Waals surface area contributed by atoms with Crippen molar-refractivity contribution in [3.05, 3.63) is 54.1 Å². The van der Waals surface area contributed by atoms with Crippen molar-refractivity contribution in [2.75, 3.05) is 19.6 Å². The molecule has 1 aromatic carbocycles. The van der Waals surface area contributed by atoms with Crippen LogP contribution in [0.1, 0.15) is 128 Å². The number of rotatable bonds is 11. The largest absolute Gasteiger partial charge is 0.478 e. The molecule has 268 valence electrons. The molecular weight excluding hydrogens is 608 g/mol. The number of fused-ring (bicyclic) bond motifs is 7. The molecule has 0 radical (unpaired) electrons. The molecular formula is C43H62N2O4. The standard InChI is InChI=1S/C43H62N2O4/c1-8-29-15-22-43(27-44-25-19-36(47)45-26-18-28(2)46)24-23-41(6)33(37(29)43)13-14-35-40(5)20-16-32(30-9-11-31(12-10-30)38(48)49)39(3,4)34(40)17-21-42(35,41)7/h8-12,16,29,33-35,37,44H,1,13-15,17-27H2,2-7H3,(H,45,47)(H,48,49). The first-order valence-corrected chi connectivity index (χ1v) is 19.3. The Morgan fingerprint density at radius 1 is 0.878 bits per heavy atom. The summed E-state index contributed by atoms with van der Waals surface area (Å²) in [5, 5.41) is 16.1. The van der Waals surface area contributed by atoms with Crippen molar-refractivity contribution in [3.8, 4) is 0 Å². The molecule has 0 saturated heterocycles. The highest BCUT2D eigenvalue weighted by Crippen LogP contribution is 2.77. The third-order valence-electron chi connectivity index (χ3n) is 15.8. The molecule has 5 aliphatic rings. The quantitative estimate of drug-likeness (QED) is 0.162. The Balaban J connectivity index is 1.21. The van der Waals surface area contributed by atoms with Gasteiger partial charge in [0.2, 0.25) is 5.91 Å². The number of carboxylic acid groups (broad SMARTS) is 1. The Hall–Kier alpha value is -2.73. The molecule has 0 heterocycles. The summed E-state index contributed by atoms with van der Waals surface area (Å²) >= 11 is 0. The number of aromatic carboxylic acids is 1. The van der Waals surface area contributed by atoms with Gasteiger partial charge in [-0.05, 0) is 145 Å². The highest BCUT2D eigenvalue weighted by molar-refractivity contribution is 5.88. The fourth-order valence-corrected chi connectivity index (χ4v) is 13.3. The van der Waals surface area contributed by atoms with Gasteiger partial charge in [0.1, 0.15) is 5.78 Å². The van der Waals surface area contributed by atoms with Gasteiger partial charge in [-0.2, -0.15) is 0 Å². The summed E-state index contributed by atoms with van der Waals surface area (Å²) in [6, 6.07) is 7.56. The Kier molecular flexibility index (Phi) is 9.65. The van der Waals surface area contributed by atoms with E-state index < -0.39 is 5.97 Å². The van der Waals surface area contributed by atoms with Gasteiger partial charge in [-0.25, -0.2) is 4.79 Å². The van der Waals surface area contributed by atoms with E-state index in [4.69, 9.17) is 0 Å². The Morgan fingerprint density at radius 2 is 1.61 bits per heavy atom. The molecule has 9 atom stereocenters. The predicted molar refractivity (Wildman–Crippen MR) is 197 cm³/mol. The van der Waals surface area contributed by atoms with Crippen molar-refractivity contribution < 1.29 is 19.5 Å². The second-order valence-corrected chi connectivity index (χ2v) is 18.1. The molecule has 0 aliphatic heterocycles. The van der Waals surface area contributed by atoms with Crippen molar-refractivity contribution in [2.24, 2.45) is 56.7 Å². The summed E-state index contributed by atoms with van der Waals surface area (Å²) < 4.78 is 0. The van der Waals surface area contributed by atoms with Gasteiger partial charge >= 0.3 is 5.97 Å². The van der Waals surface area contributed by atoms with E-state index in [-0.39, 0.29) is 38.8 Å². The number of hydrogen-bond donors (Lipinski definition) is 3. The van der Waals surface area contributed by atoms with Gasteiger partial charge < -0.3 is 15.7 Å². The van der Waals surface area contributed by atoms with Gasteiger partial charge in [-0.15, -0.1) is 6.58 Å². The van der Waals surface area contributed by atoms with E-state index in [9.17, 15) is 19.5 Å². The van der Waals surface area contributed by atoms with E-state index >= 15 is 0 Å². The maximum Gasteiger partial charge on any atom is 0.335 e. The molecule has 6 nitrogen and oxygen atoms in total. The Morgan fingerprint density at radius 3 is 2.29 bits per heavy atom. The topological polar surface area (TPSA) is 95.5 Å². The van der Waals surface area contributed by atoms with Gasteiger partial charge in [-0.3, -0.25) is 9.59 Å². The summed E-state index contributed by atoms with van der Waals surface area (Å²) in [6.45, 7) is 20.9. The Bertz CT molecular complexity index is 1500. The fourth-order valence-electron chi connectivity index (χ4n) is 13.3. The van der Waals surface area contributed by atoms with E-state index in [1.807, 2.05) is 12.1 Å². The monoisotopic (exact) mass is 670 g/mol. The minimum atomic E-state index is -0.873. The van der Waals surface area contributed by atoms with Crippen molar-refractivity contribution in [1.29, 1.82) is 0 Å². The highest BCUT2D eigenvalue weighted by Gasteiger charge is 2.70. The number of carboxylic acids is 1. The van der Waals surface area contributed by atoms with Crippen LogP contribution in [0.3, 0.4) is 0 Å². The van der Waals surface area contributed by atoms with Crippen LogP contribution in [-0.4, -0.2) is 42.4 Å². The molecule has 49 heavy (non-hydrogen) atoms. The zero-order chi connectivity index (χ0) is 35.4. The highest BCUT2D eigenvalue weighted by atomic mass is 16.4. The van der Waals surface area contributed by atoms with Crippen LogP contribution >= 0.6 is 0 Å². The summed E-state index contributed by atoms with van der Waals surface area (Å²) in [4.78, 5) is 35.2. The second kappa shape index (κ2) is 13.1. The molecule has 0 spiro atoms. The lowest BCUT2D eigenvalue weighted by atomic mass is 9.32. The summed E-state index contributed by atoms with van der Waals surface area (Å²) in [6.07, 6.45) is 16.8. The molecule has 5 aliphatic carbocycles. The number of Topliss-reactive ketones (excluding diaryl/α,β-unsaturated/α-hetero) is 1. The molecule has 6 heteroatoms. The van der Waals surface area contributed by atoms with E-state index in [2.05, 4.69) is 64.0 Å². The number of ketones is 1. The summed E-state index contributed by atoms with van der Waals surface area (Å²) in [5.41, 5.74) is 3.96. The van der Waals surface area contributed by atoms with Crippen molar-refractivity contribution in [2.45, 2.75) is 112 Å². The van der Waals surface area contributed by atoms with Crippen LogP contribution in [-0.2, 0) is 9.59 Å². The normalized spacial score (nSPS) is 39.0. The third-order valence-corrected chi connectivity index (χ3v) is 15.8. The van der Waals surface area contributed by atoms with Gasteiger partial charge in [0.15, 0.2) is 0 Å². The van der Waals surface area contributed by atoms with Crippen LogP contribution in [0.15, 0.2) is 43.0 Å². The molecule has 6 rings (SSSR count). The first-order chi connectivity index (χ1) is 23.1. The van der Waals surface area contributed by atoms with Crippen molar-refractivity contribution >= 4 is 23.2 Å². The number of amides is 1. The maximum atomic E-state index is 12.4.